The summed E-state index contributed by atoms with van der Waals surface area (Å²) in [7, 11) is -3.51. The second kappa shape index (κ2) is 6.70. The zero-order valence-corrected chi connectivity index (χ0v) is 14.1. The number of aromatic nitrogens is 3. The lowest BCUT2D eigenvalue weighted by atomic mass is 10.1. The molecule has 24 heavy (non-hydrogen) atoms. The molecule has 1 aromatic carbocycles. The number of nitrogens with zero attached hydrogens (tertiary/aromatic N) is 3. The Balaban J connectivity index is 1.75. The lowest BCUT2D eigenvalue weighted by Crippen LogP contribution is -2.41. The van der Waals surface area contributed by atoms with Crippen LogP contribution >= 0.6 is 0 Å². The van der Waals surface area contributed by atoms with Gasteiger partial charge in [-0.1, -0.05) is 6.42 Å². The first-order chi connectivity index (χ1) is 11.5. The molecule has 0 bridgehead atoms. The summed E-state index contributed by atoms with van der Waals surface area (Å²) in [6.07, 6.45) is 4.06. The van der Waals surface area contributed by atoms with Crippen molar-refractivity contribution in [2.45, 2.75) is 37.1 Å². The van der Waals surface area contributed by atoms with Crippen molar-refractivity contribution >= 4 is 21.6 Å². The van der Waals surface area contributed by atoms with Crippen molar-refractivity contribution in [3.8, 4) is 0 Å². The van der Waals surface area contributed by atoms with Crippen LogP contribution in [0.5, 0.6) is 0 Å². The molecule has 1 amide bonds. The lowest BCUT2D eigenvalue weighted by Gasteiger charge is -2.32. The van der Waals surface area contributed by atoms with Gasteiger partial charge in [-0.15, -0.1) is 0 Å². The third-order valence-corrected chi connectivity index (χ3v) is 6.12. The molecule has 2 heterocycles. The summed E-state index contributed by atoms with van der Waals surface area (Å²) >= 11 is 0. The molecule has 1 aliphatic rings. The van der Waals surface area contributed by atoms with E-state index in [-0.39, 0.29) is 16.8 Å². The highest BCUT2D eigenvalue weighted by atomic mass is 32.2. The van der Waals surface area contributed by atoms with Crippen molar-refractivity contribution in [3.05, 3.63) is 36.4 Å². The first-order valence-electron chi connectivity index (χ1n) is 7.77. The van der Waals surface area contributed by atoms with E-state index in [2.05, 4.69) is 20.5 Å². The van der Waals surface area contributed by atoms with Crippen LogP contribution in [0.3, 0.4) is 0 Å². The van der Waals surface area contributed by atoms with Crippen LogP contribution in [0.15, 0.2) is 35.5 Å². The molecule has 0 spiro atoms. The van der Waals surface area contributed by atoms with E-state index in [1.54, 1.807) is 16.4 Å². The van der Waals surface area contributed by atoms with Crippen LogP contribution in [0.2, 0.25) is 0 Å². The van der Waals surface area contributed by atoms with Crippen molar-refractivity contribution in [1.29, 1.82) is 0 Å². The fourth-order valence-corrected chi connectivity index (χ4v) is 4.48. The van der Waals surface area contributed by atoms with Crippen LogP contribution in [-0.2, 0) is 10.0 Å². The number of amides is 1. The average Bonchev–Trinajstić information content (AvgIpc) is 3.10. The van der Waals surface area contributed by atoms with Gasteiger partial charge >= 0.3 is 0 Å². The quantitative estimate of drug-likeness (QED) is 0.872. The van der Waals surface area contributed by atoms with Gasteiger partial charge < -0.3 is 5.32 Å². The van der Waals surface area contributed by atoms with Crippen LogP contribution in [0.25, 0.3) is 0 Å². The number of benzene rings is 1. The van der Waals surface area contributed by atoms with Crippen LogP contribution in [0.4, 0.5) is 5.69 Å². The number of piperidine rings is 1. The van der Waals surface area contributed by atoms with Gasteiger partial charge in [0.2, 0.25) is 15.8 Å². The first kappa shape index (κ1) is 16.6. The molecule has 0 saturated carbocycles. The molecule has 1 saturated heterocycles. The Kier molecular flexibility index (Phi) is 4.63. The normalized spacial score (nSPS) is 19.1. The number of hydrogen-bond donors (Lipinski definition) is 2. The Morgan fingerprint density at radius 1 is 1.29 bits per heavy atom. The summed E-state index contributed by atoms with van der Waals surface area (Å²) in [5.74, 6) is -0.346. The van der Waals surface area contributed by atoms with Gasteiger partial charge in [-0.25, -0.2) is 13.4 Å². The Bertz CT molecular complexity index is 802. The van der Waals surface area contributed by atoms with Crippen molar-refractivity contribution < 1.29 is 13.2 Å². The topological polar surface area (TPSA) is 108 Å². The number of rotatable bonds is 4. The van der Waals surface area contributed by atoms with Crippen molar-refractivity contribution in [1.82, 2.24) is 19.5 Å². The summed E-state index contributed by atoms with van der Waals surface area (Å²) in [5.41, 5.74) is 0.488. The molecule has 1 fully saturated rings. The minimum atomic E-state index is -3.51. The molecule has 1 atom stereocenters. The number of carbonyl (C=O) groups is 1. The highest BCUT2D eigenvalue weighted by molar-refractivity contribution is 7.89. The maximum absolute atomic E-state index is 12.7. The van der Waals surface area contributed by atoms with Gasteiger partial charge in [-0.3, -0.25) is 9.89 Å². The van der Waals surface area contributed by atoms with E-state index in [1.165, 1.54) is 18.5 Å². The molecular formula is C15H19N5O3S. The second-order valence-electron chi connectivity index (χ2n) is 5.77. The Hall–Kier alpha value is -2.26. The molecule has 1 aliphatic heterocycles. The predicted octanol–water partition coefficient (Wildman–Crippen LogP) is 1.62. The molecule has 0 unspecified atom stereocenters. The maximum atomic E-state index is 12.7. The summed E-state index contributed by atoms with van der Waals surface area (Å²) in [4.78, 5) is 15.9. The van der Waals surface area contributed by atoms with E-state index < -0.39 is 15.9 Å². The van der Waals surface area contributed by atoms with Crippen LogP contribution in [0.1, 0.15) is 36.8 Å². The van der Waals surface area contributed by atoms with E-state index in [9.17, 15) is 13.2 Å². The number of nitrogens with one attached hydrogen (secondary N) is 2. The SMILES string of the molecule is C[C@@H]1CCCCN1S(=O)(=O)c1ccc(NC(=O)c2ncn[nH]2)cc1. The number of aromatic amines is 1. The molecule has 3 rings (SSSR count). The third-order valence-electron chi connectivity index (χ3n) is 4.09. The fourth-order valence-electron chi connectivity index (χ4n) is 2.78. The van der Waals surface area contributed by atoms with E-state index >= 15 is 0 Å². The van der Waals surface area contributed by atoms with E-state index in [0.29, 0.717) is 12.2 Å². The Morgan fingerprint density at radius 3 is 2.67 bits per heavy atom. The Morgan fingerprint density at radius 2 is 2.04 bits per heavy atom. The third kappa shape index (κ3) is 3.31. The van der Waals surface area contributed by atoms with Crippen LogP contribution < -0.4 is 5.32 Å². The molecule has 0 radical (unpaired) electrons. The standard InChI is InChI=1S/C15H19N5O3S/c1-11-4-2-3-9-20(11)24(22,23)13-7-5-12(6-8-13)18-15(21)14-16-10-17-19-14/h5-8,10-11H,2-4,9H2,1H3,(H,18,21)(H,16,17,19)/t11-/m1/s1. The smallest absolute Gasteiger partial charge is 0.292 e. The molecule has 2 N–H and O–H groups in total. The first-order valence-corrected chi connectivity index (χ1v) is 9.21. The van der Waals surface area contributed by atoms with Crippen molar-refractivity contribution in [3.63, 3.8) is 0 Å². The van der Waals surface area contributed by atoms with Gasteiger partial charge in [-0.05, 0) is 44.0 Å². The number of anilines is 1. The number of carbonyl (C=O) groups excluding carboxylic acids is 1. The minimum Gasteiger partial charge on any atom is -0.319 e. The zero-order chi connectivity index (χ0) is 17.2. The highest BCUT2D eigenvalue weighted by Crippen LogP contribution is 2.25. The van der Waals surface area contributed by atoms with Gasteiger partial charge in [0.25, 0.3) is 5.91 Å². The van der Waals surface area contributed by atoms with E-state index in [4.69, 9.17) is 0 Å². The van der Waals surface area contributed by atoms with E-state index in [1.807, 2.05) is 6.92 Å². The number of hydrogen-bond acceptors (Lipinski definition) is 5. The van der Waals surface area contributed by atoms with Gasteiger partial charge in [0.15, 0.2) is 0 Å². The summed E-state index contributed by atoms with van der Waals surface area (Å²) in [6, 6.07) is 6.15. The van der Waals surface area contributed by atoms with Crippen molar-refractivity contribution in [2.24, 2.45) is 0 Å². The zero-order valence-electron chi connectivity index (χ0n) is 13.3. The maximum Gasteiger partial charge on any atom is 0.292 e. The molecule has 0 aliphatic carbocycles. The molecule has 2 aromatic rings. The Labute approximate surface area is 140 Å². The fraction of sp³-hybridized carbons (Fsp3) is 0.400. The average molecular weight is 349 g/mol. The summed E-state index contributed by atoms with van der Waals surface area (Å²) in [6.45, 7) is 2.48. The largest absolute Gasteiger partial charge is 0.319 e. The highest BCUT2D eigenvalue weighted by Gasteiger charge is 2.30. The molecule has 128 valence electrons. The van der Waals surface area contributed by atoms with Gasteiger partial charge in [0.1, 0.15) is 6.33 Å². The molecular weight excluding hydrogens is 330 g/mol. The van der Waals surface area contributed by atoms with Crippen LogP contribution in [0, 0.1) is 0 Å². The van der Waals surface area contributed by atoms with Crippen molar-refractivity contribution in [2.75, 3.05) is 11.9 Å². The van der Waals surface area contributed by atoms with E-state index in [0.717, 1.165) is 19.3 Å². The summed E-state index contributed by atoms with van der Waals surface area (Å²) in [5, 5.41) is 8.70. The summed E-state index contributed by atoms with van der Waals surface area (Å²) < 4.78 is 27.0. The minimum absolute atomic E-state index is 0.00887. The van der Waals surface area contributed by atoms with Crippen LogP contribution in [-0.4, -0.2) is 46.4 Å². The number of sulfonamides is 1. The predicted molar refractivity (Wildman–Crippen MR) is 88.0 cm³/mol. The lowest BCUT2D eigenvalue weighted by molar-refractivity contribution is 0.101. The molecule has 1 aromatic heterocycles. The monoisotopic (exact) mass is 349 g/mol. The molecule has 8 nitrogen and oxygen atoms in total. The number of H-pyrrole nitrogens is 1. The molecule has 9 heteroatoms. The van der Waals surface area contributed by atoms with Gasteiger partial charge in [-0.2, -0.15) is 9.40 Å². The van der Waals surface area contributed by atoms with Gasteiger partial charge in [0.05, 0.1) is 4.90 Å². The van der Waals surface area contributed by atoms with Gasteiger partial charge in [0, 0.05) is 18.3 Å². The second-order valence-corrected chi connectivity index (χ2v) is 7.66.